The fourth-order valence-electron chi connectivity index (χ4n) is 1.62. The molecule has 0 N–H and O–H groups in total. The average Bonchev–Trinajstić information content (AvgIpc) is 2.38. The highest BCUT2D eigenvalue weighted by Crippen LogP contribution is 2.33. The largest absolute Gasteiger partial charge is 0.457 e. The molecule has 0 saturated heterocycles. The Morgan fingerprint density at radius 2 is 2.00 bits per heavy atom. The van der Waals surface area contributed by atoms with Gasteiger partial charge in [-0.15, -0.1) is 11.6 Å². The summed E-state index contributed by atoms with van der Waals surface area (Å²) >= 11 is 5.75. The molecule has 0 aliphatic heterocycles. The zero-order chi connectivity index (χ0) is 14.8. The maximum Gasteiger partial charge on any atom is 0.416 e. The molecule has 1 heterocycles. The minimum Gasteiger partial charge on any atom is -0.457 e. The van der Waals surface area contributed by atoms with Gasteiger partial charge in [0.1, 0.15) is 11.5 Å². The van der Waals surface area contributed by atoms with Crippen molar-refractivity contribution >= 4 is 11.6 Å². The molecule has 2 rings (SSSR count). The summed E-state index contributed by atoms with van der Waals surface area (Å²) < 4.78 is 43.4. The van der Waals surface area contributed by atoms with E-state index >= 15 is 0 Å². The molecule has 6 heteroatoms. The second-order valence-electron chi connectivity index (χ2n) is 4.19. The van der Waals surface area contributed by atoms with E-state index in [0.29, 0.717) is 17.0 Å². The number of halogens is 4. The number of ether oxygens (including phenoxy) is 1. The van der Waals surface area contributed by atoms with Crippen LogP contribution in [0.2, 0.25) is 0 Å². The first-order valence-electron chi connectivity index (χ1n) is 5.77. The van der Waals surface area contributed by atoms with E-state index in [0.717, 1.165) is 12.1 Å². The van der Waals surface area contributed by atoms with Gasteiger partial charge in [0.15, 0.2) is 0 Å². The first kappa shape index (κ1) is 14.7. The van der Waals surface area contributed by atoms with Crippen LogP contribution in [0.3, 0.4) is 0 Å². The van der Waals surface area contributed by atoms with E-state index in [9.17, 15) is 13.2 Å². The van der Waals surface area contributed by atoms with Crippen LogP contribution in [0.1, 0.15) is 16.8 Å². The Labute approximate surface area is 119 Å². The Morgan fingerprint density at radius 3 is 2.65 bits per heavy atom. The van der Waals surface area contributed by atoms with Gasteiger partial charge in [-0.25, -0.2) is 0 Å². The number of pyridine rings is 1. The Bertz CT molecular complexity index is 614. The standard InChI is InChI=1S/C14H11ClF3NO/c1-9-5-13(10(7-15)8-19-9)20-12-4-2-3-11(6-12)14(16,17)18/h2-6,8H,7H2,1H3. The van der Waals surface area contributed by atoms with E-state index in [4.69, 9.17) is 16.3 Å². The quantitative estimate of drug-likeness (QED) is 0.749. The van der Waals surface area contributed by atoms with Crippen LogP contribution < -0.4 is 4.74 Å². The van der Waals surface area contributed by atoms with E-state index in [2.05, 4.69) is 4.98 Å². The molecule has 2 nitrogen and oxygen atoms in total. The minimum absolute atomic E-state index is 0.108. The van der Waals surface area contributed by atoms with Gasteiger partial charge in [0.2, 0.25) is 0 Å². The highest BCUT2D eigenvalue weighted by Gasteiger charge is 2.30. The van der Waals surface area contributed by atoms with E-state index < -0.39 is 11.7 Å². The lowest BCUT2D eigenvalue weighted by atomic mass is 10.2. The highest BCUT2D eigenvalue weighted by molar-refractivity contribution is 6.17. The van der Waals surface area contributed by atoms with Gasteiger partial charge in [0.25, 0.3) is 0 Å². The predicted octanol–water partition coefficient (Wildman–Crippen LogP) is 4.94. The molecule has 0 aliphatic rings. The summed E-state index contributed by atoms with van der Waals surface area (Å²) in [5.41, 5.74) is 0.559. The predicted molar refractivity (Wildman–Crippen MR) is 70.0 cm³/mol. The van der Waals surface area contributed by atoms with Gasteiger partial charge in [0.05, 0.1) is 11.4 Å². The SMILES string of the molecule is Cc1cc(Oc2cccc(C(F)(F)F)c2)c(CCl)cn1. The third kappa shape index (κ3) is 3.42. The van der Waals surface area contributed by atoms with E-state index in [1.165, 1.54) is 12.1 Å². The number of nitrogens with zero attached hydrogens (tertiary/aromatic N) is 1. The molecule has 2 aromatic rings. The summed E-state index contributed by atoms with van der Waals surface area (Å²) in [7, 11) is 0. The lowest BCUT2D eigenvalue weighted by molar-refractivity contribution is -0.137. The molecular formula is C14H11ClF3NO. The first-order chi connectivity index (χ1) is 9.40. The lowest BCUT2D eigenvalue weighted by Gasteiger charge is -2.12. The second-order valence-corrected chi connectivity index (χ2v) is 4.46. The Hall–Kier alpha value is -1.75. The summed E-state index contributed by atoms with van der Waals surface area (Å²) in [6.45, 7) is 1.76. The number of benzene rings is 1. The van der Waals surface area contributed by atoms with Crippen LogP contribution in [0.25, 0.3) is 0 Å². The summed E-state index contributed by atoms with van der Waals surface area (Å²) in [6, 6.07) is 6.34. The summed E-state index contributed by atoms with van der Waals surface area (Å²) in [4.78, 5) is 4.06. The Balaban J connectivity index is 2.33. The van der Waals surface area contributed by atoms with Crippen LogP contribution in [0.15, 0.2) is 36.5 Å². The molecular weight excluding hydrogens is 291 g/mol. The molecule has 1 aromatic heterocycles. The molecule has 0 bridgehead atoms. The molecule has 0 radical (unpaired) electrons. The number of hydrogen-bond donors (Lipinski definition) is 0. The molecule has 0 unspecified atom stereocenters. The molecule has 1 aromatic carbocycles. The minimum atomic E-state index is -4.40. The van der Waals surface area contributed by atoms with Gasteiger partial charge in [-0.1, -0.05) is 6.07 Å². The smallest absolute Gasteiger partial charge is 0.416 e. The van der Waals surface area contributed by atoms with Crippen molar-refractivity contribution in [1.29, 1.82) is 0 Å². The zero-order valence-electron chi connectivity index (χ0n) is 10.5. The van der Waals surface area contributed by atoms with Gasteiger partial charge < -0.3 is 4.74 Å². The summed E-state index contributed by atoms with van der Waals surface area (Å²) in [5.74, 6) is 0.685. The second kappa shape index (κ2) is 5.71. The van der Waals surface area contributed by atoms with Gasteiger partial charge >= 0.3 is 6.18 Å². The van der Waals surface area contributed by atoms with Crippen LogP contribution in [0, 0.1) is 6.92 Å². The zero-order valence-corrected chi connectivity index (χ0v) is 11.3. The lowest BCUT2D eigenvalue weighted by Crippen LogP contribution is -2.04. The maximum absolute atomic E-state index is 12.6. The fraction of sp³-hybridized carbons (Fsp3) is 0.214. The van der Waals surface area contributed by atoms with Crippen LogP contribution in [-0.2, 0) is 12.1 Å². The first-order valence-corrected chi connectivity index (χ1v) is 6.30. The molecule has 0 aliphatic carbocycles. The highest BCUT2D eigenvalue weighted by atomic mass is 35.5. The van der Waals surface area contributed by atoms with Crippen LogP contribution >= 0.6 is 11.6 Å². The third-order valence-electron chi connectivity index (χ3n) is 2.61. The van der Waals surface area contributed by atoms with Crippen LogP contribution in [-0.4, -0.2) is 4.98 Å². The Morgan fingerprint density at radius 1 is 1.25 bits per heavy atom. The van der Waals surface area contributed by atoms with Crippen molar-refractivity contribution in [3.05, 3.63) is 53.3 Å². The van der Waals surface area contributed by atoms with Crippen LogP contribution in [0.4, 0.5) is 13.2 Å². The fourth-order valence-corrected chi connectivity index (χ4v) is 1.82. The van der Waals surface area contributed by atoms with Gasteiger partial charge in [-0.05, 0) is 25.1 Å². The number of aromatic nitrogens is 1. The summed E-state index contributed by atoms with van der Waals surface area (Å²) in [5, 5.41) is 0. The third-order valence-corrected chi connectivity index (χ3v) is 2.90. The number of rotatable bonds is 3. The van der Waals surface area contributed by atoms with Crippen LogP contribution in [0.5, 0.6) is 11.5 Å². The molecule has 0 atom stereocenters. The molecule has 0 spiro atoms. The van der Waals surface area contributed by atoms with Crippen molar-refractivity contribution in [1.82, 2.24) is 4.98 Å². The maximum atomic E-state index is 12.6. The van der Waals surface area contributed by atoms with Crippen molar-refractivity contribution in [2.75, 3.05) is 0 Å². The molecule has 0 saturated carbocycles. The van der Waals surface area contributed by atoms with E-state index in [1.54, 1.807) is 19.2 Å². The molecule has 0 fully saturated rings. The van der Waals surface area contributed by atoms with Gasteiger partial charge in [-0.2, -0.15) is 13.2 Å². The normalized spacial score (nSPS) is 11.4. The van der Waals surface area contributed by atoms with Gasteiger partial charge in [-0.3, -0.25) is 4.98 Å². The molecule has 0 amide bonds. The number of hydrogen-bond acceptors (Lipinski definition) is 2. The monoisotopic (exact) mass is 301 g/mol. The molecule has 106 valence electrons. The van der Waals surface area contributed by atoms with Gasteiger partial charge in [0, 0.05) is 23.5 Å². The molecule has 20 heavy (non-hydrogen) atoms. The van der Waals surface area contributed by atoms with Crippen molar-refractivity contribution in [3.8, 4) is 11.5 Å². The van der Waals surface area contributed by atoms with E-state index in [1.807, 2.05) is 0 Å². The van der Waals surface area contributed by atoms with E-state index in [-0.39, 0.29) is 11.6 Å². The van der Waals surface area contributed by atoms with Crippen molar-refractivity contribution in [2.45, 2.75) is 19.0 Å². The van der Waals surface area contributed by atoms with Crippen molar-refractivity contribution in [3.63, 3.8) is 0 Å². The summed E-state index contributed by atoms with van der Waals surface area (Å²) in [6.07, 6.45) is -2.85. The topological polar surface area (TPSA) is 22.1 Å². The number of alkyl halides is 4. The average molecular weight is 302 g/mol. The van der Waals surface area contributed by atoms with Crippen molar-refractivity contribution < 1.29 is 17.9 Å². The van der Waals surface area contributed by atoms with Crippen molar-refractivity contribution in [2.24, 2.45) is 0 Å². The number of aryl methyl sites for hydroxylation is 1. The Kier molecular flexibility index (Phi) is 4.18.